The quantitative estimate of drug-likeness (QED) is 0.631. The standard InChI is InChI=1S/C14H13N.C10H11FN2O2S/c1-2-9-15-14(6-1)13-8-7-11-4-3-5-12(11)10-13;1-6-2-7-3-8(11)10(16(12)15)4-9(7)13(6)5-14/h1-2,6-10H,3-5H2;3-6H,2,12H2,1H3. The number of amides is 1. The first-order chi connectivity index (χ1) is 15.0. The Hall–Kier alpha value is -2.90. The summed E-state index contributed by atoms with van der Waals surface area (Å²) in [5.74, 6) is -0.584. The summed E-state index contributed by atoms with van der Waals surface area (Å²) in [4.78, 5) is 16.7. The van der Waals surface area contributed by atoms with Gasteiger partial charge in [-0.3, -0.25) is 9.78 Å². The van der Waals surface area contributed by atoms with Crippen molar-refractivity contribution in [3.63, 3.8) is 0 Å². The smallest absolute Gasteiger partial charge is 0.214 e. The number of pyridine rings is 1. The molecule has 2 aromatic carbocycles. The van der Waals surface area contributed by atoms with Crippen molar-refractivity contribution < 1.29 is 13.4 Å². The number of carbonyl (C=O) groups excluding carboxylic acids is 1. The molecule has 2 atom stereocenters. The molecule has 0 saturated heterocycles. The van der Waals surface area contributed by atoms with Crippen molar-refractivity contribution in [3.05, 3.63) is 77.2 Å². The van der Waals surface area contributed by atoms with Crippen molar-refractivity contribution in [2.45, 2.75) is 43.5 Å². The van der Waals surface area contributed by atoms with E-state index in [1.165, 1.54) is 53.0 Å². The van der Waals surface area contributed by atoms with Gasteiger partial charge < -0.3 is 4.90 Å². The molecule has 0 fully saturated rings. The summed E-state index contributed by atoms with van der Waals surface area (Å²) in [6.45, 7) is 1.87. The number of halogens is 1. The van der Waals surface area contributed by atoms with Crippen molar-refractivity contribution in [2.24, 2.45) is 5.14 Å². The molecule has 3 aromatic rings. The van der Waals surface area contributed by atoms with Crippen LogP contribution in [-0.2, 0) is 35.0 Å². The number of nitrogens with zero attached hydrogens (tertiary/aromatic N) is 2. The van der Waals surface area contributed by atoms with Crippen molar-refractivity contribution in [1.29, 1.82) is 0 Å². The molecule has 0 bridgehead atoms. The van der Waals surface area contributed by atoms with Gasteiger partial charge in [0.15, 0.2) is 0 Å². The fourth-order valence-corrected chi connectivity index (χ4v) is 4.70. The molecule has 2 N–H and O–H groups in total. The number of fused-ring (bicyclic) bond motifs is 2. The summed E-state index contributed by atoms with van der Waals surface area (Å²) in [5.41, 5.74) is 6.69. The minimum atomic E-state index is -1.88. The first kappa shape index (κ1) is 21.3. The number of anilines is 1. The van der Waals surface area contributed by atoms with Gasteiger partial charge in [0.25, 0.3) is 0 Å². The van der Waals surface area contributed by atoms with Gasteiger partial charge in [0, 0.05) is 23.5 Å². The van der Waals surface area contributed by atoms with Crippen LogP contribution in [-0.4, -0.2) is 21.6 Å². The Balaban J connectivity index is 0.000000149. The van der Waals surface area contributed by atoms with Gasteiger partial charge in [-0.25, -0.2) is 13.7 Å². The molecule has 5 nitrogen and oxygen atoms in total. The highest BCUT2D eigenvalue weighted by molar-refractivity contribution is 7.82. The Bertz CT molecular complexity index is 1140. The maximum Gasteiger partial charge on any atom is 0.214 e. The third kappa shape index (κ3) is 4.43. The first-order valence-corrected chi connectivity index (χ1v) is 11.4. The summed E-state index contributed by atoms with van der Waals surface area (Å²) in [6.07, 6.45) is 6.93. The highest BCUT2D eigenvalue weighted by Crippen LogP contribution is 2.33. The van der Waals surface area contributed by atoms with Gasteiger partial charge in [0.1, 0.15) is 16.8 Å². The van der Waals surface area contributed by atoms with Gasteiger partial charge >= 0.3 is 0 Å². The van der Waals surface area contributed by atoms with Crippen LogP contribution < -0.4 is 10.0 Å². The lowest BCUT2D eigenvalue weighted by Gasteiger charge is -2.16. The van der Waals surface area contributed by atoms with Crippen LogP contribution in [0.25, 0.3) is 11.3 Å². The summed E-state index contributed by atoms with van der Waals surface area (Å²) in [7, 11) is -1.88. The number of hydrogen-bond acceptors (Lipinski definition) is 3. The molecular weight excluding hydrogens is 413 g/mol. The maximum atomic E-state index is 13.5. The number of rotatable bonds is 3. The van der Waals surface area contributed by atoms with Crippen molar-refractivity contribution in [2.75, 3.05) is 4.90 Å². The van der Waals surface area contributed by atoms with Crippen molar-refractivity contribution in [3.8, 4) is 11.3 Å². The van der Waals surface area contributed by atoms with E-state index in [9.17, 15) is 13.4 Å². The minimum Gasteiger partial charge on any atom is -0.312 e. The highest BCUT2D eigenvalue weighted by Gasteiger charge is 2.27. The normalized spacial score (nSPS) is 17.4. The molecule has 2 aliphatic rings. The molecule has 1 aliphatic carbocycles. The van der Waals surface area contributed by atoms with E-state index in [4.69, 9.17) is 5.14 Å². The van der Waals surface area contributed by atoms with Crippen LogP contribution >= 0.6 is 0 Å². The van der Waals surface area contributed by atoms with Crippen LogP contribution in [0.4, 0.5) is 10.1 Å². The number of hydrogen-bond donors (Lipinski definition) is 1. The molecule has 2 heterocycles. The number of nitrogens with two attached hydrogens (primary N) is 1. The first-order valence-electron chi connectivity index (χ1n) is 10.2. The average molecular weight is 438 g/mol. The van der Waals surface area contributed by atoms with E-state index in [0.717, 1.165) is 11.3 Å². The fourth-order valence-electron chi connectivity index (χ4n) is 4.22. The molecule has 1 aromatic heterocycles. The molecular formula is C24H24FN3O2S. The topological polar surface area (TPSA) is 76.3 Å². The predicted molar refractivity (Wildman–Crippen MR) is 120 cm³/mol. The van der Waals surface area contributed by atoms with E-state index < -0.39 is 16.8 Å². The van der Waals surface area contributed by atoms with Crippen LogP contribution in [0.2, 0.25) is 0 Å². The van der Waals surface area contributed by atoms with Gasteiger partial charge in [-0.15, -0.1) is 0 Å². The largest absolute Gasteiger partial charge is 0.312 e. The number of benzene rings is 2. The zero-order valence-electron chi connectivity index (χ0n) is 17.3. The lowest BCUT2D eigenvalue weighted by molar-refractivity contribution is -0.107. The second-order valence-corrected chi connectivity index (χ2v) is 8.86. The van der Waals surface area contributed by atoms with Crippen LogP contribution in [0.5, 0.6) is 0 Å². The highest BCUT2D eigenvalue weighted by atomic mass is 32.2. The molecule has 1 aliphatic heterocycles. The van der Waals surface area contributed by atoms with Gasteiger partial charge in [-0.1, -0.05) is 18.2 Å². The van der Waals surface area contributed by atoms with Gasteiger partial charge in [0.05, 0.1) is 10.6 Å². The lowest BCUT2D eigenvalue weighted by atomic mass is 10.0. The molecule has 1 amide bonds. The minimum absolute atomic E-state index is 0.00615. The number of carbonyl (C=O) groups is 1. The van der Waals surface area contributed by atoms with Crippen molar-refractivity contribution in [1.82, 2.24) is 4.98 Å². The Morgan fingerprint density at radius 1 is 1.13 bits per heavy atom. The van der Waals surface area contributed by atoms with E-state index in [1.54, 1.807) is 0 Å². The van der Waals surface area contributed by atoms with Gasteiger partial charge in [-0.2, -0.15) is 0 Å². The van der Waals surface area contributed by atoms with Crippen LogP contribution in [0.1, 0.15) is 30.0 Å². The van der Waals surface area contributed by atoms with E-state index in [0.29, 0.717) is 18.5 Å². The zero-order chi connectivity index (χ0) is 22.0. The van der Waals surface area contributed by atoms with Gasteiger partial charge in [-0.05, 0) is 79.6 Å². The summed E-state index contributed by atoms with van der Waals surface area (Å²) in [5, 5.41) is 5.16. The molecule has 5 rings (SSSR count). The van der Waals surface area contributed by atoms with E-state index in [2.05, 4.69) is 29.2 Å². The Labute approximate surface area is 183 Å². The SMILES string of the molecule is CC1Cc2cc(F)c(S(N)=O)cc2N1C=O.c1ccc(-c2ccc3c(c2)CCC3)nc1. The summed E-state index contributed by atoms with van der Waals surface area (Å²) in [6, 6.07) is 15.5. The Morgan fingerprint density at radius 2 is 1.94 bits per heavy atom. The van der Waals surface area contributed by atoms with Crippen LogP contribution in [0.3, 0.4) is 0 Å². The average Bonchev–Trinajstić information content (AvgIpc) is 3.36. The predicted octanol–water partition coefficient (Wildman–Crippen LogP) is 3.95. The van der Waals surface area contributed by atoms with E-state index in [-0.39, 0.29) is 10.9 Å². The third-order valence-electron chi connectivity index (χ3n) is 5.79. The Kier molecular flexibility index (Phi) is 6.25. The lowest BCUT2D eigenvalue weighted by Crippen LogP contribution is -2.27. The Morgan fingerprint density at radius 3 is 2.65 bits per heavy atom. The molecule has 0 radical (unpaired) electrons. The van der Waals surface area contributed by atoms with Crippen molar-refractivity contribution >= 4 is 23.1 Å². The van der Waals surface area contributed by atoms with E-state index in [1.807, 2.05) is 25.3 Å². The number of aryl methyl sites for hydroxylation is 2. The molecule has 160 valence electrons. The monoisotopic (exact) mass is 437 g/mol. The van der Waals surface area contributed by atoms with E-state index >= 15 is 0 Å². The third-order valence-corrected chi connectivity index (χ3v) is 6.54. The molecule has 0 spiro atoms. The maximum absolute atomic E-state index is 13.5. The second kappa shape index (κ2) is 9.08. The molecule has 31 heavy (non-hydrogen) atoms. The van der Waals surface area contributed by atoms with Crippen LogP contribution in [0, 0.1) is 5.82 Å². The number of aromatic nitrogens is 1. The molecule has 0 saturated carbocycles. The second-order valence-electron chi connectivity index (χ2n) is 7.83. The summed E-state index contributed by atoms with van der Waals surface area (Å²) < 4.78 is 24.6. The fraction of sp³-hybridized carbons (Fsp3) is 0.250. The van der Waals surface area contributed by atoms with Gasteiger partial charge in [0.2, 0.25) is 6.41 Å². The van der Waals surface area contributed by atoms with Crippen LogP contribution in [0.15, 0.2) is 59.6 Å². The summed E-state index contributed by atoms with van der Waals surface area (Å²) >= 11 is 0. The zero-order valence-corrected chi connectivity index (χ0v) is 18.1. The molecule has 2 unspecified atom stereocenters. The molecule has 7 heteroatoms.